The van der Waals surface area contributed by atoms with Crippen molar-refractivity contribution in [1.82, 2.24) is 9.78 Å². The molecule has 3 aromatic rings. The normalized spacial score (nSPS) is 11.4. The van der Waals surface area contributed by atoms with Crippen molar-refractivity contribution >= 4 is 23.1 Å². The number of aromatic nitrogens is 2. The first-order chi connectivity index (χ1) is 14.9. The third-order valence-electron chi connectivity index (χ3n) is 4.74. The number of nitrogens with zero attached hydrogens (tertiary/aromatic N) is 3. The molecular weight excluding hydrogens is 400 g/mol. The summed E-state index contributed by atoms with van der Waals surface area (Å²) in [5.74, 6) is -0.515. The predicted octanol–water partition coefficient (Wildman–Crippen LogP) is 3.95. The van der Waals surface area contributed by atoms with Crippen LogP contribution in [0.25, 0.3) is 5.69 Å². The first kappa shape index (κ1) is 21.7. The van der Waals surface area contributed by atoms with Crippen LogP contribution in [-0.2, 0) is 11.2 Å². The van der Waals surface area contributed by atoms with E-state index >= 15 is 0 Å². The Bertz CT molecular complexity index is 1210. The SMILES string of the molecule is CCCc1[nH]n(-c2ccc([N+](=O)[O-])cc2)c(=O)c1C(C)=Nc1ccccc1C(=O)OC. The molecule has 3 rings (SSSR count). The summed E-state index contributed by atoms with van der Waals surface area (Å²) in [5, 5.41) is 14.0. The maximum atomic E-state index is 13.2. The molecule has 0 atom stereocenters. The van der Waals surface area contributed by atoms with Crippen molar-refractivity contribution in [1.29, 1.82) is 0 Å². The summed E-state index contributed by atoms with van der Waals surface area (Å²) in [6.07, 6.45) is 1.40. The maximum Gasteiger partial charge on any atom is 0.340 e. The molecule has 1 heterocycles. The smallest absolute Gasteiger partial charge is 0.340 e. The summed E-state index contributed by atoms with van der Waals surface area (Å²) in [7, 11) is 1.30. The van der Waals surface area contributed by atoms with Gasteiger partial charge in [0, 0.05) is 17.8 Å². The number of hydrogen-bond acceptors (Lipinski definition) is 6. The Balaban J connectivity index is 2.11. The third kappa shape index (κ3) is 4.45. The Kier molecular flexibility index (Phi) is 6.44. The highest BCUT2D eigenvalue weighted by Crippen LogP contribution is 2.22. The lowest BCUT2D eigenvalue weighted by Gasteiger charge is -2.05. The van der Waals surface area contributed by atoms with E-state index in [0.717, 1.165) is 6.42 Å². The van der Waals surface area contributed by atoms with Gasteiger partial charge >= 0.3 is 5.97 Å². The molecule has 0 saturated carbocycles. The molecule has 0 radical (unpaired) electrons. The van der Waals surface area contributed by atoms with Gasteiger partial charge in [0.1, 0.15) is 0 Å². The molecule has 31 heavy (non-hydrogen) atoms. The van der Waals surface area contributed by atoms with Gasteiger partial charge in [-0.1, -0.05) is 25.5 Å². The van der Waals surface area contributed by atoms with E-state index in [2.05, 4.69) is 10.1 Å². The molecule has 9 nitrogen and oxygen atoms in total. The van der Waals surface area contributed by atoms with Gasteiger partial charge in [-0.25, -0.2) is 9.48 Å². The van der Waals surface area contributed by atoms with Gasteiger partial charge in [0.2, 0.25) is 0 Å². The fraction of sp³-hybridized carbons (Fsp3) is 0.227. The van der Waals surface area contributed by atoms with Crippen LogP contribution in [0.4, 0.5) is 11.4 Å². The molecule has 0 bridgehead atoms. The molecule has 0 unspecified atom stereocenters. The summed E-state index contributed by atoms with van der Waals surface area (Å²) in [6.45, 7) is 3.70. The van der Waals surface area contributed by atoms with Gasteiger partial charge in [0.25, 0.3) is 11.2 Å². The first-order valence-electron chi connectivity index (χ1n) is 9.69. The average molecular weight is 422 g/mol. The van der Waals surface area contributed by atoms with Crippen LogP contribution in [0.3, 0.4) is 0 Å². The van der Waals surface area contributed by atoms with Gasteiger partial charge in [-0.05, 0) is 37.6 Å². The Morgan fingerprint density at radius 1 is 1.19 bits per heavy atom. The number of nitro groups is 1. The van der Waals surface area contributed by atoms with Crippen molar-refractivity contribution in [2.24, 2.45) is 4.99 Å². The minimum Gasteiger partial charge on any atom is -0.465 e. The Labute approximate surface area is 178 Å². The molecular formula is C22H22N4O5. The fourth-order valence-corrected chi connectivity index (χ4v) is 3.28. The van der Waals surface area contributed by atoms with E-state index in [-0.39, 0.29) is 11.2 Å². The highest BCUT2D eigenvalue weighted by molar-refractivity contribution is 6.03. The molecule has 2 aromatic carbocycles. The standard InChI is InChI=1S/C22H22N4O5/c1-4-7-19-20(14(2)23-18-9-6-5-8-17(18)22(28)31-3)21(27)25(24-19)15-10-12-16(13-11-15)26(29)30/h5-6,8-13,24H,4,7H2,1-3H3. The van der Waals surface area contributed by atoms with Crippen LogP contribution in [0.2, 0.25) is 0 Å². The van der Waals surface area contributed by atoms with Crippen molar-refractivity contribution in [3.05, 3.63) is 85.8 Å². The first-order valence-corrected chi connectivity index (χ1v) is 9.69. The van der Waals surface area contributed by atoms with Crippen molar-refractivity contribution in [3.63, 3.8) is 0 Å². The van der Waals surface area contributed by atoms with Gasteiger partial charge in [-0.2, -0.15) is 0 Å². The number of aryl methyl sites for hydroxylation is 1. The lowest BCUT2D eigenvalue weighted by Crippen LogP contribution is -2.19. The van der Waals surface area contributed by atoms with Crippen molar-refractivity contribution in [2.45, 2.75) is 26.7 Å². The van der Waals surface area contributed by atoms with Crippen LogP contribution in [0.5, 0.6) is 0 Å². The second kappa shape index (κ2) is 9.21. The topological polar surface area (TPSA) is 120 Å². The van der Waals surface area contributed by atoms with Crippen molar-refractivity contribution < 1.29 is 14.5 Å². The van der Waals surface area contributed by atoms with Crippen LogP contribution in [0.15, 0.2) is 58.3 Å². The summed E-state index contributed by atoms with van der Waals surface area (Å²) >= 11 is 0. The molecule has 0 spiro atoms. The maximum absolute atomic E-state index is 13.2. The molecule has 0 amide bonds. The Hall–Kier alpha value is -4.01. The van der Waals surface area contributed by atoms with Crippen molar-refractivity contribution in [3.8, 4) is 5.69 Å². The number of nitro benzene ring substituents is 1. The molecule has 0 saturated heterocycles. The molecule has 0 aliphatic rings. The van der Waals surface area contributed by atoms with Gasteiger partial charge in [0.05, 0.1) is 40.2 Å². The number of esters is 1. The van der Waals surface area contributed by atoms with Crippen LogP contribution in [0.1, 0.15) is 41.9 Å². The predicted molar refractivity (Wildman–Crippen MR) is 117 cm³/mol. The third-order valence-corrected chi connectivity index (χ3v) is 4.74. The number of non-ortho nitro benzene ring substituents is 1. The van der Waals surface area contributed by atoms with Crippen LogP contribution in [-0.4, -0.2) is 33.5 Å². The molecule has 1 aromatic heterocycles. The number of nitrogens with one attached hydrogen (secondary N) is 1. The summed E-state index contributed by atoms with van der Waals surface area (Å²) in [6, 6.07) is 12.4. The number of para-hydroxylation sites is 1. The number of carbonyl (C=O) groups excluding carboxylic acids is 1. The molecule has 0 aliphatic heterocycles. The summed E-state index contributed by atoms with van der Waals surface area (Å²) in [5.41, 5.74) is 2.33. The average Bonchev–Trinajstić information content (AvgIpc) is 3.09. The number of benzene rings is 2. The van der Waals surface area contributed by atoms with Crippen LogP contribution < -0.4 is 5.56 Å². The van der Waals surface area contributed by atoms with Gasteiger partial charge in [-0.15, -0.1) is 0 Å². The monoisotopic (exact) mass is 422 g/mol. The minimum absolute atomic E-state index is 0.0606. The van der Waals surface area contributed by atoms with Crippen LogP contribution >= 0.6 is 0 Å². The van der Waals surface area contributed by atoms with E-state index in [0.29, 0.717) is 40.3 Å². The van der Waals surface area contributed by atoms with E-state index in [1.165, 1.54) is 36.1 Å². The number of aromatic amines is 1. The van der Waals surface area contributed by atoms with Gasteiger partial charge < -0.3 is 4.74 Å². The highest BCUT2D eigenvalue weighted by atomic mass is 16.6. The number of rotatable bonds is 7. The number of hydrogen-bond donors (Lipinski definition) is 1. The van der Waals surface area contributed by atoms with Gasteiger partial charge in [0.15, 0.2) is 0 Å². The number of H-pyrrole nitrogens is 1. The van der Waals surface area contributed by atoms with E-state index in [1.54, 1.807) is 31.2 Å². The Morgan fingerprint density at radius 3 is 2.48 bits per heavy atom. The molecule has 0 fully saturated rings. The van der Waals surface area contributed by atoms with E-state index in [9.17, 15) is 19.7 Å². The van der Waals surface area contributed by atoms with E-state index < -0.39 is 10.9 Å². The lowest BCUT2D eigenvalue weighted by molar-refractivity contribution is -0.384. The number of carbonyl (C=O) groups is 1. The van der Waals surface area contributed by atoms with Gasteiger partial charge in [-0.3, -0.25) is 25.0 Å². The largest absolute Gasteiger partial charge is 0.465 e. The van der Waals surface area contributed by atoms with E-state index in [4.69, 9.17) is 4.74 Å². The lowest BCUT2D eigenvalue weighted by atomic mass is 10.1. The highest BCUT2D eigenvalue weighted by Gasteiger charge is 2.19. The molecule has 0 aliphatic carbocycles. The molecule has 1 N–H and O–H groups in total. The number of aliphatic imine (C=N–C) groups is 1. The zero-order valence-corrected chi connectivity index (χ0v) is 17.4. The molecule has 160 valence electrons. The number of methoxy groups -OCH3 is 1. The zero-order chi connectivity index (χ0) is 22.5. The Morgan fingerprint density at radius 2 is 1.87 bits per heavy atom. The van der Waals surface area contributed by atoms with E-state index in [1.807, 2.05) is 6.92 Å². The fourth-order valence-electron chi connectivity index (χ4n) is 3.28. The summed E-state index contributed by atoms with van der Waals surface area (Å²) < 4.78 is 6.15. The quantitative estimate of drug-likeness (QED) is 0.267. The molecule has 9 heteroatoms. The zero-order valence-electron chi connectivity index (χ0n) is 17.4. The van der Waals surface area contributed by atoms with Crippen LogP contribution in [0, 0.1) is 10.1 Å². The second-order valence-electron chi connectivity index (χ2n) is 6.84. The van der Waals surface area contributed by atoms with Crippen molar-refractivity contribution in [2.75, 3.05) is 7.11 Å². The second-order valence-corrected chi connectivity index (χ2v) is 6.84. The summed E-state index contributed by atoms with van der Waals surface area (Å²) in [4.78, 5) is 40.2. The minimum atomic E-state index is -0.515. The number of ether oxygens (including phenoxy) is 1.